The van der Waals surface area contributed by atoms with Crippen LogP contribution in [-0.4, -0.2) is 32.3 Å². The topological polar surface area (TPSA) is 81.9 Å². The van der Waals surface area contributed by atoms with Crippen molar-refractivity contribution in [2.75, 3.05) is 11.9 Å². The highest BCUT2D eigenvalue weighted by Crippen LogP contribution is 2.33. The standard InChI is InChI=1S/C19H17N5O2S/c1-3-26-19(25)13-10-24(2)23-18(13)22-16-5-4-15-17(21-16)14(11-27-15)12-6-8-20-9-7-12/h4-11H,3H2,1-2H3,(H,21,22,23). The van der Waals surface area contributed by atoms with Gasteiger partial charge < -0.3 is 10.1 Å². The summed E-state index contributed by atoms with van der Waals surface area (Å²) in [7, 11) is 1.75. The van der Waals surface area contributed by atoms with E-state index in [0.29, 0.717) is 23.8 Å². The Labute approximate surface area is 159 Å². The summed E-state index contributed by atoms with van der Waals surface area (Å²) in [4.78, 5) is 20.9. The third-order valence-corrected chi connectivity index (χ3v) is 4.92. The van der Waals surface area contributed by atoms with Crippen LogP contribution in [0.25, 0.3) is 21.3 Å². The van der Waals surface area contributed by atoms with Crippen LogP contribution in [0.15, 0.2) is 48.2 Å². The summed E-state index contributed by atoms with van der Waals surface area (Å²) in [6, 6.07) is 7.80. The summed E-state index contributed by atoms with van der Waals surface area (Å²) in [5, 5.41) is 9.54. The van der Waals surface area contributed by atoms with Crippen molar-refractivity contribution in [3.63, 3.8) is 0 Å². The SMILES string of the molecule is CCOC(=O)c1cn(C)nc1Nc1ccc2scc(-c3ccncc3)c2n1. The summed E-state index contributed by atoms with van der Waals surface area (Å²) < 4.78 is 7.75. The number of hydrogen-bond acceptors (Lipinski definition) is 7. The lowest BCUT2D eigenvalue weighted by Crippen LogP contribution is -2.06. The van der Waals surface area contributed by atoms with Gasteiger partial charge in [-0.05, 0) is 36.8 Å². The molecule has 0 saturated heterocycles. The lowest BCUT2D eigenvalue weighted by Gasteiger charge is -2.06. The van der Waals surface area contributed by atoms with E-state index in [2.05, 4.69) is 20.8 Å². The quantitative estimate of drug-likeness (QED) is 0.528. The van der Waals surface area contributed by atoms with Crippen molar-refractivity contribution >= 4 is 39.2 Å². The first-order valence-electron chi connectivity index (χ1n) is 8.42. The summed E-state index contributed by atoms with van der Waals surface area (Å²) in [6.07, 6.45) is 5.16. The number of carbonyl (C=O) groups excluding carboxylic acids is 1. The molecular formula is C19H17N5O2S. The first-order valence-corrected chi connectivity index (χ1v) is 9.30. The van der Waals surface area contributed by atoms with Gasteiger partial charge in [-0.1, -0.05) is 0 Å². The summed E-state index contributed by atoms with van der Waals surface area (Å²) in [5.74, 6) is 0.617. The van der Waals surface area contributed by atoms with E-state index < -0.39 is 5.97 Å². The highest BCUT2D eigenvalue weighted by Gasteiger charge is 2.18. The van der Waals surface area contributed by atoms with Crippen LogP contribution in [-0.2, 0) is 11.8 Å². The molecule has 4 heterocycles. The van der Waals surface area contributed by atoms with Crippen molar-refractivity contribution in [2.24, 2.45) is 7.05 Å². The Balaban J connectivity index is 1.71. The van der Waals surface area contributed by atoms with Crippen molar-refractivity contribution in [1.29, 1.82) is 0 Å². The van der Waals surface area contributed by atoms with E-state index in [1.54, 1.807) is 48.6 Å². The molecule has 0 aliphatic rings. The molecule has 0 amide bonds. The monoisotopic (exact) mass is 379 g/mol. The highest BCUT2D eigenvalue weighted by molar-refractivity contribution is 7.17. The second-order valence-corrected chi connectivity index (χ2v) is 6.75. The van der Waals surface area contributed by atoms with Crippen molar-refractivity contribution in [1.82, 2.24) is 19.7 Å². The van der Waals surface area contributed by atoms with E-state index >= 15 is 0 Å². The van der Waals surface area contributed by atoms with Crippen LogP contribution in [0.3, 0.4) is 0 Å². The predicted octanol–water partition coefficient (Wildman–Crippen LogP) is 4.01. The Bertz CT molecular complexity index is 1100. The molecule has 0 atom stereocenters. The number of pyridine rings is 2. The van der Waals surface area contributed by atoms with Crippen molar-refractivity contribution < 1.29 is 9.53 Å². The fourth-order valence-electron chi connectivity index (χ4n) is 2.78. The zero-order valence-electron chi connectivity index (χ0n) is 14.8. The summed E-state index contributed by atoms with van der Waals surface area (Å²) in [5.41, 5.74) is 3.38. The maximum absolute atomic E-state index is 12.1. The van der Waals surface area contributed by atoms with Crippen LogP contribution >= 0.6 is 11.3 Å². The number of fused-ring (bicyclic) bond motifs is 1. The largest absolute Gasteiger partial charge is 0.462 e. The maximum Gasteiger partial charge on any atom is 0.343 e. The van der Waals surface area contributed by atoms with Crippen molar-refractivity contribution in [3.8, 4) is 11.1 Å². The van der Waals surface area contributed by atoms with E-state index in [1.807, 2.05) is 24.3 Å². The number of thiophene rings is 1. The van der Waals surface area contributed by atoms with Crippen molar-refractivity contribution in [3.05, 3.63) is 53.8 Å². The first kappa shape index (κ1) is 17.2. The third-order valence-electron chi connectivity index (χ3n) is 3.98. The second kappa shape index (κ2) is 7.16. The van der Waals surface area contributed by atoms with Crippen LogP contribution in [0.2, 0.25) is 0 Å². The Morgan fingerprint density at radius 2 is 2.07 bits per heavy atom. The van der Waals surface area contributed by atoms with Gasteiger partial charge >= 0.3 is 5.97 Å². The van der Waals surface area contributed by atoms with Gasteiger partial charge in [-0.3, -0.25) is 9.67 Å². The van der Waals surface area contributed by atoms with Gasteiger partial charge in [0, 0.05) is 36.6 Å². The number of carbonyl (C=O) groups is 1. The average Bonchev–Trinajstić information content (AvgIpc) is 3.26. The number of aromatic nitrogens is 4. The molecule has 0 aliphatic heterocycles. The minimum atomic E-state index is -0.415. The van der Waals surface area contributed by atoms with Gasteiger partial charge in [0.25, 0.3) is 0 Å². The molecule has 136 valence electrons. The first-order chi connectivity index (χ1) is 13.2. The number of esters is 1. The molecule has 1 N–H and O–H groups in total. The molecule has 7 nitrogen and oxygen atoms in total. The molecule has 0 spiro atoms. The number of hydrogen-bond donors (Lipinski definition) is 1. The van der Waals surface area contributed by atoms with Crippen LogP contribution in [0.5, 0.6) is 0 Å². The molecule has 0 radical (unpaired) electrons. The highest BCUT2D eigenvalue weighted by atomic mass is 32.1. The van der Waals surface area contributed by atoms with Gasteiger partial charge in [0.1, 0.15) is 11.4 Å². The molecule has 0 aliphatic carbocycles. The average molecular weight is 379 g/mol. The Morgan fingerprint density at radius 3 is 2.85 bits per heavy atom. The maximum atomic E-state index is 12.1. The molecule has 0 unspecified atom stereocenters. The number of anilines is 2. The van der Waals surface area contributed by atoms with Gasteiger partial charge in [-0.15, -0.1) is 11.3 Å². The van der Waals surface area contributed by atoms with Gasteiger partial charge in [0.2, 0.25) is 0 Å². The number of rotatable bonds is 5. The zero-order valence-corrected chi connectivity index (χ0v) is 15.7. The van der Waals surface area contributed by atoms with Crippen molar-refractivity contribution in [2.45, 2.75) is 6.92 Å². The minimum Gasteiger partial charge on any atom is -0.462 e. The molecule has 0 aromatic carbocycles. The van der Waals surface area contributed by atoms with Crippen LogP contribution in [0, 0.1) is 0 Å². The Hall–Kier alpha value is -3.26. The summed E-state index contributed by atoms with van der Waals surface area (Å²) in [6.45, 7) is 2.08. The number of ether oxygens (including phenoxy) is 1. The second-order valence-electron chi connectivity index (χ2n) is 5.84. The fourth-order valence-corrected chi connectivity index (χ4v) is 3.69. The predicted molar refractivity (Wildman–Crippen MR) is 105 cm³/mol. The smallest absolute Gasteiger partial charge is 0.343 e. The molecular weight excluding hydrogens is 362 g/mol. The van der Waals surface area contributed by atoms with E-state index in [-0.39, 0.29) is 0 Å². The fraction of sp³-hybridized carbons (Fsp3) is 0.158. The van der Waals surface area contributed by atoms with Crippen LogP contribution in [0.1, 0.15) is 17.3 Å². The molecule has 4 rings (SSSR count). The van der Waals surface area contributed by atoms with E-state index in [4.69, 9.17) is 9.72 Å². The lowest BCUT2D eigenvalue weighted by molar-refractivity contribution is 0.0527. The number of nitrogens with one attached hydrogen (secondary N) is 1. The number of nitrogens with zero attached hydrogens (tertiary/aromatic N) is 4. The molecule has 0 fully saturated rings. The van der Waals surface area contributed by atoms with Gasteiger partial charge in [0.05, 0.1) is 16.8 Å². The van der Waals surface area contributed by atoms with Gasteiger partial charge in [0.15, 0.2) is 5.82 Å². The van der Waals surface area contributed by atoms with E-state index in [1.165, 1.54) is 0 Å². The third kappa shape index (κ3) is 3.39. The van der Waals surface area contributed by atoms with Gasteiger partial charge in [-0.2, -0.15) is 5.10 Å². The molecule has 4 aromatic rings. The Kier molecular flexibility index (Phi) is 4.55. The van der Waals surface area contributed by atoms with E-state index in [0.717, 1.165) is 21.3 Å². The van der Waals surface area contributed by atoms with Gasteiger partial charge in [-0.25, -0.2) is 9.78 Å². The molecule has 0 bridgehead atoms. The van der Waals surface area contributed by atoms with Crippen LogP contribution in [0.4, 0.5) is 11.6 Å². The molecule has 4 aromatic heterocycles. The summed E-state index contributed by atoms with van der Waals surface area (Å²) >= 11 is 1.64. The zero-order chi connectivity index (χ0) is 18.8. The normalized spacial score (nSPS) is 10.9. The lowest BCUT2D eigenvalue weighted by atomic mass is 10.1. The minimum absolute atomic E-state index is 0.307. The number of aryl methyl sites for hydroxylation is 1. The van der Waals surface area contributed by atoms with E-state index in [9.17, 15) is 4.79 Å². The Morgan fingerprint density at radius 1 is 1.26 bits per heavy atom. The van der Waals surface area contributed by atoms with Crippen LogP contribution < -0.4 is 5.32 Å². The molecule has 0 saturated carbocycles. The molecule has 27 heavy (non-hydrogen) atoms. The molecule has 8 heteroatoms.